The summed E-state index contributed by atoms with van der Waals surface area (Å²) in [6.07, 6.45) is 3.38. The van der Waals surface area contributed by atoms with Gasteiger partial charge in [0.05, 0.1) is 10.6 Å². The minimum absolute atomic E-state index is 0.302. The normalized spacial score (nSPS) is 16.5. The third-order valence-corrected chi connectivity index (χ3v) is 3.76. The molecule has 0 aliphatic heterocycles. The average Bonchev–Trinajstić information content (AvgIpc) is 2.61. The van der Waals surface area contributed by atoms with Crippen LogP contribution in [0.3, 0.4) is 0 Å². The lowest BCUT2D eigenvalue weighted by Crippen LogP contribution is -2.05. The van der Waals surface area contributed by atoms with E-state index in [0.717, 1.165) is 29.3 Å². The summed E-state index contributed by atoms with van der Waals surface area (Å²) < 4.78 is 0.827. The van der Waals surface area contributed by atoms with Gasteiger partial charge in [0.15, 0.2) is 0 Å². The molecule has 0 aromatic heterocycles. The molecule has 0 fully saturated rings. The molecule has 2 nitrogen and oxygen atoms in total. The Morgan fingerprint density at radius 2 is 2.20 bits per heavy atom. The molecular weight excluding hydrogens is 256 g/mol. The molecule has 1 atom stereocenters. The Kier molecular flexibility index (Phi) is 3.03. The van der Waals surface area contributed by atoms with Crippen LogP contribution in [0.15, 0.2) is 10.5 Å². The third kappa shape index (κ3) is 2.04. The van der Waals surface area contributed by atoms with Crippen LogP contribution in [0.5, 0.6) is 5.75 Å². The molecule has 0 saturated carbocycles. The number of rotatable bonds is 2. The highest BCUT2D eigenvalue weighted by Gasteiger charge is 2.20. The van der Waals surface area contributed by atoms with Crippen molar-refractivity contribution in [1.29, 1.82) is 0 Å². The van der Waals surface area contributed by atoms with Crippen LogP contribution >= 0.6 is 15.9 Å². The van der Waals surface area contributed by atoms with Crippen LogP contribution in [0, 0.1) is 0 Å². The highest BCUT2D eigenvalue weighted by Crippen LogP contribution is 2.38. The number of halogens is 1. The van der Waals surface area contributed by atoms with Crippen molar-refractivity contribution >= 4 is 15.9 Å². The fraction of sp³-hybridized carbons (Fsp3) is 0.500. The SMILES string of the molecule is CC(O)Cc1cc2c(c(Br)c1O)CCC2. The molecule has 82 valence electrons. The zero-order valence-electron chi connectivity index (χ0n) is 8.76. The number of aromatic hydroxyl groups is 1. The summed E-state index contributed by atoms with van der Waals surface area (Å²) in [7, 11) is 0. The van der Waals surface area contributed by atoms with E-state index in [0.29, 0.717) is 12.2 Å². The van der Waals surface area contributed by atoms with Gasteiger partial charge in [-0.05, 0) is 58.8 Å². The zero-order chi connectivity index (χ0) is 11.0. The Bertz CT molecular complexity index is 386. The van der Waals surface area contributed by atoms with Gasteiger partial charge in [-0.25, -0.2) is 0 Å². The van der Waals surface area contributed by atoms with E-state index in [1.807, 2.05) is 6.07 Å². The van der Waals surface area contributed by atoms with Crippen molar-refractivity contribution < 1.29 is 10.2 Å². The molecule has 1 unspecified atom stereocenters. The Morgan fingerprint density at radius 3 is 2.87 bits per heavy atom. The van der Waals surface area contributed by atoms with Crippen molar-refractivity contribution in [2.75, 3.05) is 0 Å². The van der Waals surface area contributed by atoms with Gasteiger partial charge in [-0.1, -0.05) is 6.07 Å². The van der Waals surface area contributed by atoms with Crippen molar-refractivity contribution in [3.8, 4) is 5.75 Å². The number of aliphatic hydroxyl groups excluding tert-OH is 1. The summed E-state index contributed by atoms with van der Waals surface area (Å²) in [5.74, 6) is 0.302. The summed E-state index contributed by atoms with van der Waals surface area (Å²) in [4.78, 5) is 0. The van der Waals surface area contributed by atoms with E-state index in [1.165, 1.54) is 11.1 Å². The van der Waals surface area contributed by atoms with Crippen LogP contribution in [0.1, 0.15) is 30.0 Å². The van der Waals surface area contributed by atoms with E-state index in [4.69, 9.17) is 0 Å². The van der Waals surface area contributed by atoms with Gasteiger partial charge in [0.2, 0.25) is 0 Å². The quantitative estimate of drug-likeness (QED) is 0.867. The molecule has 15 heavy (non-hydrogen) atoms. The first-order chi connectivity index (χ1) is 7.09. The number of hydrogen-bond donors (Lipinski definition) is 2. The molecule has 2 N–H and O–H groups in total. The van der Waals surface area contributed by atoms with E-state index < -0.39 is 6.10 Å². The molecule has 1 aliphatic carbocycles. The first-order valence-corrected chi connectivity index (χ1v) is 6.09. The summed E-state index contributed by atoms with van der Waals surface area (Å²) in [5.41, 5.74) is 3.40. The van der Waals surface area contributed by atoms with Crippen LogP contribution in [-0.4, -0.2) is 16.3 Å². The van der Waals surface area contributed by atoms with Gasteiger partial charge < -0.3 is 10.2 Å². The maximum absolute atomic E-state index is 9.95. The Labute approximate surface area is 98.1 Å². The number of aryl methyl sites for hydroxylation is 1. The first-order valence-electron chi connectivity index (χ1n) is 5.29. The first kappa shape index (κ1) is 11.0. The third-order valence-electron chi connectivity index (χ3n) is 2.90. The van der Waals surface area contributed by atoms with Gasteiger partial charge in [-0.3, -0.25) is 0 Å². The molecular formula is C12H15BrO2. The fourth-order valence-electron chi connectivity index (χ4n) is 2.21. The van der Waals surface area contributed by atoms with Crippen LogP contribution in [0.4, 0.5) is 0 Å². The largest absolute Gasteiger partial charge is 0.506 e. The molecule has 0 amide bonds. The second-order valence-electron chi connectivity index (χ2n) is 4.24. The molecule has 0 spiro atoms. The lowest BCUT2D eigenvalue weighted by Gasteiger charge is -2.12. The second-order valence-corrected chi connectivity index (χ2v) is 5.04. The van der Waals surface area contributed by atoms with Gasteiger partial charge in [-0.15, -0.1) is 0 Å². The van der Waals surface area contributed by atoms with Crippen molar-refractivity contribution in [3.05, 3.63) is 27.2 Å². The van der Waals surface area contributed by atoms with Gasteiger partial charge in [0.1, 0.15) is 5.75 Å². The minimum atomic E-state index is -0.415. The molecule has 0 saturated heterocycles. The number of phenols is 1. The van der Waals surface area contributed by atoms with E-state index in [2.05, 4.69) is 15.9 Å². The summed E-state index contributed by atoms with van der Waals surface area (Å²) in [6.45, 7) is 1.74. The highest BCUT2D eigenvalue weighted by atomic mass is 79.9. The maximum atomic E-state index is 9.95. The topological polar surface area (TPSA) is 40.5 Å². The van der Waals surface area contributed by atoms with E-state index >= 15 is 0 Å². The fourth-order valence-corrected chi connectivity index (χ4v) is 2.92. The standard InChI is InChI=1S/C12H15BrO2/c1-7(14)5-9-6-8-3-2-4-10(8)11(13)12(9)15/h6-7,14-15H,2-5H2,1H3. The van der Waals surface area contributed by atoms with Crippen LogP contribution in [0.25, 0.3) is 0 Å². The molecule has 1 aromatic carbocycles. The molecule has 0 radical (unpaired) electrons. The summed E-state index contributed by atoms with van der Waals surface area (Å²) in [5, 5.41) is 19.3. The highest BCUT2D eigenvalue weighted by molar-refractivity contribution is 9.10. The van der Waals surface area contributed by atoms with Gasteiger partial charge in [0, 0.05) is 6.42 Å². The van der Waals surface area contributed by atoms with E-state index in [1.54, 1.807) is 6.92 Å². The molecule has 3 heteroatoms. The van der Waals surface area contributed by atoms with E-state index in [-0.39, 0.29) is 0 Å². The summed E-state index contributed by atoms with van der Waals surface area (Å²) >= 11 is 3.44. The Balaban J connectivity index is 2.44. The van der Waals surface area contributed by atoms with Gasteiger partial charge >= 0.3 is 0 Å². The summed E-state index contributed by atoms with van der Waals surface area (Å²) in [6, 6.07) is 2.04. The monoisotopic (exact) mass is 270 g/mol. The minimum Gasteiger partial charge on any atom is -0.506 e. The van der Waals surface area contributed by atoms with Crippen LogP contribution < -0.4 is 0 Å². The number of phenolic OH excluding ortho intramolecular Hbond substituents is 1. The van der Waals surface area contributed by atoms with Crippen molar-refractivity contribution in [1.82, 2.24) is 0 Å². The van der Waals surface area contributed by atoms with Crippen LogP contribution in [-0.2, 0) is 19.3 Å². The maximum Gasteiger partial charge on any atom is 0.133 e. The number of hydrogen-bond acceptors (Lipinski definition) is 2. The average molecular weight is 271 g/mol. The predicted molar refractivity (Wildman–Crippen MR) is 63.2 cm³/mol. The zero-order valence-corrected chi connectivity index (χ0v) is 10.3. The molecule has 0 bridgehead atoms. The second kappa shape index (κ2) is 4.14. The predicted octanol–water partition coefficient (Wildman–Crippen LogP) is 2.57. The van der Waals surface area contributed by atoms with E-state index in [9.17, 15) is 10.2 Å². The molecule has 0 heterocycles. The lowest BCUT2D eigenvalue weighted by molar-refractivity contribution is 0.194. The molecule has 1 aliphatic rings. The lowest BCUT2D eigenvalue weighted by atomic mass is 10.0. The molecule has 2 rings (SSSR count). The smallest absolute Gasteiger partial charge is 0.133 e. The van der Waals surface area contributed by atoms with Crippen LogP contribution in [0.2, 0.25) is 0 Å². The van der Waals surface area contributed by atoms with Crippen molar-refractivity contribution in [2.45, 2.75) is 38.7 Å². The van der Waals surface area contributed by atoms with Gasteiger partial charge in [-0.2, -0.15) is 0 Å². The van der Waals surface area contributed by atoms with Crippen molar-refractivity contribution in [3.63, 3.8) is 0 Å². The molecule has 1 aromatic rings. The number of fused-ring (bicyclic) bond motifs is 1. The Hall–Kier alpha value is -0.540. The van der Waals surface area contributed by atoms with Crippen molar-refractivity contribution in [2.24, 2.45) is 0 Å². The Morgan fingerprint density at radius 1 is 1.47 bits per heavy atom. The number of benzene rings is 1. The van der Waals surface area contributed by atoms with Gasteiger partial charge in [0.25, 0.3) is 0 Å². The number of aliphatic hydroxyl groups is 1.